The largest absolute Gasteiger partial charge is 0.272 e. The van der Waals surface area contributed by atoms with Gasteiger partial charge in [0.15, 0.2) is 5.82 Å². The Labute approximate surface area is 100 Å². The summed E-state index contributed by atoms with van der Waals surface area (Å²) in [6.07, 6.45) is 5.25. The molecule has 0 aromatic carbocycles. The molecule has 0 unspecified atom stereocenters. The molecule has 6 heteroatoms. The molecule has 0 saturated carbocycles. The number of hydrogen-bond acceptors (Lipinski definition) is 3. The molecule has 0 saturated heterocycles. The minimum absolute atomic E-state index is 0.407. The Morgan fingerprint density at radius 1 is 1.47 bits per heavy atom. The van der Waals surface area contributed by atoms with Gasteiger partial charge in [-0.2, -0.15) is 5.10 Å². The van der Waals surface area contributed by atoms with Gasteiger partial charge in [0.2, 0.25) is 0 Å². The lowest BCUT2D eigenvalue weighted by molar-refractivity contribution is 0.660. The van der Waals surface area contributed by atoms with Crippen LogP contribution in [-0.4, -0.2) is 19.7 Å². The molecule has 15 heavy (non-hydrogen) atoms. The van der Waals surface area contributed by atoms with Crippen molar-refractivity contribution in [3.05, 3.63) is 28.2 Å². The highest BCUT2D eigenvalue weighted by molar-refractivity contribution is 9.10. The summed E-state index contributed by atoms with van der Waals surface area (Å²) in [4.78, 5) is 8.31. The van der Waals surface area contributed by atoms with Gasteiger partial charge in [0, 0.05) is 18.9 Å². The van der Waals surface area contributed by atoms with Crippen LogP contribution >= 0.6 is 27.5 Å². The standard InChI is InChI=1S/C9H8BrClN4/c1-2-15-5-6(3-13-15)9-12-4-7(10)8(11)14-9/h3-5H,2H2,1H3. The maximum absolute atomic E-state index is 5.88. The van der Waals surface area contributed by atoms with Gasteiger partial charge >= 0.3 is 0 Å². The highest BCUT2D eigenvalue weighted by Gasteiger charge is 2.06. The number of aryl methyl sites for hydroxylation is 1. The van der Waals surface area contributed by atoms with Crippen molar-refractivity contribution >= 4 is 27.5 Å². The van der Waals surface area contributed by atoms with E-state index in [2.05, 4.69) is 31.0 Å². The number of halogens is 2. The summed E-state index contributed by atoms with van der Waals surface area (Å²) >= 11 is 9.12. The number of rotatable bonds is 2. The first-order valence-electron chi connectivity index (χ1n) is 4.41. The summed E-state index contributed by atoms with van der Waals surface area (Å²) in [6, 6.07) is 0. The molecule has 4 nitrogen and oxygen atoms in total. The van der Waals surface area contributed by atoms with Gasteiger partial charge in [-0.25, -0.2) is 9.97 Å². The van der Waals surface area contributed by atoms with E-state index in [0.29, 0.717) is 15.5 Å². The van der Waals surface area contributed by atoms with Gasteiger partial charge in [0.05, 0.1) is 16.2 Å². The molecule has 0 spiro atoms. The van der Waals surface area contributed by atoms with Gasteiger partial charge in [0.25, 0.3) is 0 Å². The Bertz CT molecular complexity index is 483. The fourth-order valence-electron chi connectivity index (χ4n) is 1.14. The maximum Gasteiger partial charge on any atom is 0.164 e. The second kappa shape index (κ2) is 4.28. The van der Waals surface area contributed by atoms with E-state index in [9.17, 15) is 0 Å². The van der Waals surface area contributed by atoms with Crippen LogP contribution in [0.3, 0.4) is 0 Å². The molecule has 0 aliphatic rings. The van der Waals surface area contributed by atoms with E-state index in [4.69, 9.17) is 11.6 Å². The summed E-state index contributed by atoms with van der Waals surface area (Å²) in [5.41, 5.74) is 0.867. The van der Waals surface area contributed by atoms with Crippen LogP contribution in [0.1, 0.15) is 6.92 Å². The van der Waals surface area contributed by atoms with Crippen molar-refractivity contribution in [1.82, 2.24) is 19.7 Å². The van der Waals surface area contributed by atoms with Gasteiger partial charge < -0.3 is 0 Å². The lowest BCUT2D eigenvalue weighted by Crippen LogP contribution is -1.92. The topological polar surface area (TPSA) is 43.6 Å². The van der Waals surface area contributed by atoms with E-state index in [-0.39, 0.29) is 0 Å². The first-order valence-corrected chi connectivity index (χ1v) is 5.58. The normalized spacial score (nSPS) is 10.6. The third kappa shape index (κ3) is 2.18. The van der Waals surface area contributed by atoms with E-state index in [0.717, 1.165) is 12.1 Å². The zero-order valence-electron chi connectivity index (χ0n) is 7.98. The van der Waals surface area contributed by atoms with Crippen LogP contribution in [0.4, 0.5) is 0 Å². The summed E-state index contributed by atoms with van der Waals surface area (Å²) in [5.74, 6) is 0.586. The predicted octanol–water partition coefficient (Wildman–Crippen LogP) is 2.78. The van der Waals surface area contributed by atoms with E-state index in [1.807, 2.05) is 17.8 Å². The van der Waals surface area contributed by atoms with Gasteiger partial charge in [-0.05, 0) is 22.9 Å². The van der Waals surface area contributed by atoms with Crippen LogP contribution in [0.5, 0.6) is 0 Å². The van der Waals surface area contributed by atoms with Crippen LogP contribution in [0.25, 0.3) is 11.4 Å². The number of nitrogens with zero attached hydrogens (tertiary/aromatic N) is 4. The SMILES string of the molecule is CCn1cc(-c2ncc(Br)c(Cl)n2)cn1. The predicted molar refractivity (Wildman–Crippen MR) is 61.6 cm³/mol. The van der Waals surface area contributed by atoms with Gasteiger partial charge in [-0.3, -0.25) is 4.68 Å². The van der Waals surface area contributed by atoms with Crippen LogP contribution in [0, 0.1) is 0 Å². The second-order valence-electron chi connectivity index (χ2n) is 2.92. The van der Waals surface area contributed by atoms with E-state index in [1.165, 1.54) is 0 Å². The maximum atomic E-state index is 5.88. The van der Waals surface area contributed by atoms with Crippen LogP contribution in [0.15, 0.2) is 23.1 Å². The summed E-state index contributed by atoms with van der Waals surface area (Å²) in [5, 5.41) is 4.55. The highest BCUT2D eigenvalue weighted by Crippen LogP contribution is 2.22. The molecule has 0 radical (unpaired) electrons. The average molecular weight is 288 g/mol. The molecule has 0 atom stereocenters. The Balaban J connectivity index is 2.40. The quantitative estimate of drug-likeness (QED) is 0.798. The zero-order valence-corrected chi connectivity index (χ0v) is 10.3. The van der Waals surface area contributed by atoms with Gasteiger partial charge in [0.1, 0.15) is 5.15 Å². The van der Waals surface area contributed by atoms with Crippen molar-refractivity contribution < 1.29 is 0 Å². The Morgan fingerprint density at radius 2 is 2.27 bits per heavy atom. The molecule has 0 bridgehead atoms. The van der Waals surface area contributed by atoms with Crippen molar-refractivity contribution in [3.63, 3.8) is 0 Å². The number of hydrogen-bond donors (Lipinski definition) is 0. The molecule has 0 fully saturated rings. The zero-order chi connectivity index (χ0) is 10.8. The van der Waals surface area contributed by atoms with Crippen molar-refractivity contribution in [2.75, 3.05) is 0 Å². The smallest absolute Gasteiger partial charge is 0.164 e. The first kappa shape index (κ1) is 10.6. The summed E-state index contributed by atoms with van der Waals surface area (Å²) < 4.78 is 2.50. The minimum Gasteiger partial charge on any atom is -0.272 e. The Kier molecular flexibility index (Phi) is 3.02. The molecule has 0 N–H and O–H groups in total. The van der Waals surface area contributed by atoms with Crippen LogP contribution < -0.4 is 0 Å². The molecule has 78 valence electrons. The molecule has 2 aromatic rings. The van der Waals surface area contributed by atoms with E-state index >= 15 is 0 Å². The fraction of sp³-hybridized carbons (Fsp3) is 0.222. The Hall–Kier alpha value is -0.940. The van der Waals surface area contributed by atoms with Crippen LogP contribution in [-0.2, 0) is 6.54 Å². The lowest BCUT2D eigenvalue weighted by Gasteiger charge is -1.97. The molecule has 2 aromatic heterocycles. The Morgan fingerprint density at radius 3 is 2.87 bits per heavy atom. The fourth-order valence-corrected chi connectivity index (χ4v) is 1.46. The molecule has 0 aliphatic heterocycles. The van der Waals surface area contributed by atoms with Crippen molar-refractivity contribution in [3.8, 4) is 11.4 Å². The van der Waals surface area contributed by atoms with Crippen LogP contribution in [0.2, 0.25) is 5.15 Å². The molecule has 0 amide bonds. The van der Waals surface area contributed by atoms with E-state index < -0.39 is 0 Å². The van der Waals surface area contributed by atoms with Crippen molar-refractivity contribution in [1.29, 1.82) is 0 Å². The first-order chi connectivity index (χ1) is 7.20. The lowest BCUT2D eigenvalue weighted by atomic mass is 10.3. The molecule has 2 heterocycles. The third-order valence-corrected chi connectivity index (χ3v) is 3.01. The van der Waals surface area contributed by atoms with Crippen molar-refractivity contribution in [2.24, 2.45) is 0 Å². The van der Waals surface area contributed by atoms with E-state index in [1.54, 1.807) is 12.4 Å². The molecule has 0 aliphatic carbocycles. The molecular formula is C9H8BrClN4. The average Bonchev–Trinajstić information content (AvgIpc) is 2.70. The number of aromatic nitrogens is 4. The van der Waals surface area contributed by atoms with Gasteiger partial charge in [-0.1, -0.05) is 11.6 Å². The minimum atomic E-state index is 0.407. The molecule has 2 rings (SSSR count). The summed E-state index contributed by atoms with van der Waals surface area (Å²) in [6.45, 7) is 2.84. The third-order valence-electron chi connectivity index (χ3n) is 1.92. The van der Waals surface area contributed by atoms with Crippen molar-refractivity contribution in [2.45, 2.75) is 13.5 Å². The summed E-state index contributed by atoms with van der Waals surface area (Å²) in [7, 11) is 0. The second-order valence-corrected chi connectivity index (χ2v) is 4.13. The monoisotopic (exact) mass is 286 g/mol. The van der Waals surface area contributed by atoms with Gasteiger partial charge in [-0.15, -0.1) is 0 Å². The molecular weight excluding hydrogens is 279 g/mol. The highest BCUT2D eigenvalue weighted by atomic mass is 79.9.